The molecule has 5 nitrogen and oxygen atoms in total. The highest BCUT2D eigenvalue weighted by Gasteiger charge is 2.12. The van der Waals surface area contributed by atoms with Crippen LogP contribution >= 0.6 is 0 Å². The van der Waals surface area contributed by atoms with Gasteiger partial charge in [0.15, 0.2) is 5.78 Å². The van der Waals surface area contributed by atoms with Crippen molar-refractivity contribution in [2.24, 2.45) is 0 Å². The quantitative estimate of drug-likeness (QED) is 0.755. The number of hydrogen-bond donors (Lipinski definition) is 1. The third-order valence-corrected chi connectivity index (χ3v) is 3.81. The molecule has 2 aromatic rings. The van der Waals surface area contributed by atoms with Gasteiger partial charge < -0.3 is 14.4 Å². The lowest BCUT2D eigenvalue weighted by atomic mass is 10.1. The Bertz CT molecular complexity index is 701. The first-order chi connectivity index (χ1) is 11.6. The van der Waals surface area contributed by atoms with Crippen molar-refractivity contribution < 1.29 is 19.4 Å². The van der Waals surface area contributed by atoms with E-state index in [4.69, 9.17) is 9.84 Å². The van der Waals surface area contributed by atoms with Crippen LogP contribution in [0.15, 0.2) is 36.5 Å². The summed E-state index contributed by atoms with van der Waals surface area (Å²) >= 11 is 0. The summed E-state index contributed by atoms with van der Waals surface area (Å²) in [5.74, 6) is -0.496. The number of aryl methyl sites for hydroxylation is 1. The predicted molar refractivity (Wildman–Crippen MR) is 91.1 cm³/mol. The largest absolute Gasteiger partial charge is 0.462 e. The number of hydrogen-bond acceptors (Lipinski definition) is 4. The Morgan fingerprint density at radius 2 is 1.79 bits per heavy atom. The number of nitrogens with zero attached hydrogens (tertiary/aromatic N) is 1. The summed E-state index contributed by atoms with van der Waals surface area (Å²) < 4.78 is 7.09. The maximum absolute atomic E-state index is 11.9. The van der Waals surface area contributed by atoms with E-state index >= 15 is 0 Å². The number of carbonyl (C=O) groups is 2. The standard InChI is InChI=1S/C19H23NO4/c1-3-17-10-16(19(23)24-4-2)12-20(17)11-15-7-5-14(6-8-15)9-18(22)13-21/h5-8,10,12,21H,3-4,9,11,13H2,1-2H3. The zero-order valence-electron chi connectivity index (χ0n) is 14.1. The van der Waals surface area contributed by atoms with Gasteiger partial charge in [-0.1, -0.05) is 31.2 Å². The molecule has 2 rings (SSSR count). The van der Waals surface area contributed by atoms with Crippen molar-refractivity contribution in [2.45, 2.75) is 33.2 Å². The highest BCUT2D eigenvalue weighted by atomic mass is 16.5. The average molecular weight is 329 g/mol. The molecule has 0 saturated heterocycles. The molecular formula is C19H23NO4. The highest BCUT2D eigenvalue weighted by Crippen LogP contribution is 2.15. The molecule has 0 spiro atoms. The van der Waals surface area contributed by atoms with Crippen LogP contribution in [-0.2, 0) is 28.9 Å². The summed E-state index contributed by atoms with van der Waals surface area (Å²) in [7, 11) is 0. The molecule has 0 bridgehead atoms. The Morgan fingerprint density at radius 3 is 2.38 bits per heavy atom. The Hall–Kier alpha value is -2.40. The lowest BCUT2D eigenvalue weighted by Crippen LogP contribution is -2.07. The van der Waals surface area contributed by atoms with Gasteiger partial charge >= 0.3 is 5.97 Å². The molecule has 0 saturated carbocycles. The molecule has 0 amide bonds. The van der Waals surface area contributed by atoms with E-state index in [9.17, 15) is 9.59 Å². The first-order valence-electron chi connectivity index (χ1n) is 8.13. The van der Waals surface area contributed by atoms with Crippen LogP contribution in [0.1, 0.15) is 41.0 Å². The van der Waals surface area contributed by atoms with Gasteiger partial charge in [-0.2, -0.15) is 0 Å². The SMILES string of the molecule is CCOC(=O)c1cc(CC)n(Cc2ccc(CC(=O)CO)cc2)c1. The second-order valence-corrected chi connectivity index (χ2v) is 5.61. The zero-order chi connectivity index (χ0) is 17.5. The maximum Gasteiger partial charge on any atom is 0.339 e. The van der Waals surface area contributed by atoms with Crippen LogP contribution < -0.4 is 0 Å². The van der Waals surface area contributed by atoms with Gasteiger partial charge in [0.1, 0.15) is 6.61 Å². The first-order valence-corrected chi connectivity index (χ1v) is 8.13. The number of Topliss-reactive ketones (excluding diaryl/α,β-unsaturated/α-hetero) is 1. The second-order valence-electron chi connectivity index (χ2n) is 5.61. The van der Waals surface area contributed by atoms with Gasteiger partial charge in [0, 0.05) is 24.9 Å². The molecule has 24 heavy (non-hydrogen) atoms. The molecule has 0 unspecified atom stereocenters. The van der Waals surface area contributed by atoms with Crippen LogP contribution in [-0.4, -0.2) is 34.6 Å². The summed E-state index contributed by atoms with van der Waals surface area (Å²) in [6.07, 6.45) is 2.88. The van der Waals surface area contributed by atoms with Crippen molar-refractivity contribution in [3.05, 3.63) is 58.9 Å². The molecule has 128 valence electrons. The molecule has 0 radical (unpaired) electrons. The molecule has 0 aliphatic heterocycles. The highest BCUT2D eigenvalue weighted by molar-refractivity contribution is 5.89. The van der Waals surface area contributed by atoms with Crippen molar-refractivity contribution in [3.63, 3.8) is 0 Å². The minimum Gasteiger partial charge on any atom is -0.462 e. The van der Waals surface area contributed by atoms with Crippen molar-refractivity contribution in [1.29, 1.82) is 0 Å². The number of ketones is 1. The van der Waals surface area contributed by atoms with E-state index in [1.165, 1.54) is 0 Å². The van der Waals surface area contributed by atoms with Gasteiger partial charge in [-0.3, -0.25) is 4.79 Å². The van der Waals surface area contributed by atoms with E-state index in [1.807, 2.05) is 48.0 Å². The fourth-order valence-electron chi connectivity index (χ4n) is 2.57. The third-order valence-electron chi connectivity index (χ3n) is 3.81. The third kappa shape index (κ3) is 4.55. The lowest BCUT2D eigenvalue weighted by molar-refractivity contribution is -0.121. The van der Waals surface area contributed by atoms with Gasteiger partial charge in [0.25, 0.3) is 0 Å². The fraction of sp³-hybridized carbons (Fsp3) is 0.368. The normalized spacial score (nSPS) is 10.6. The number of rotatable bonds is 8. The van der Waals surface area contributed by atoms with Crippen LogP contribution in [0.25, 0.3) is 0 Å². The summed E-state index contributed by atoms with van der Waals surface area (Å²) in [4.78, 5) is 23.1. The van der Waals surface area contributed by atoms with Crippen LogP contribution in [0.4, 0.5) is 0 Å². The predicted octanol–water partition coefficient (Wildman–Crippen LogP) is 2.38. The van der Waals surface area contributed by atoms with Crippen LogP contribution in [0, 0.1) is 0 Å². The van der Waals surface area contributed by atoms with Gasteiger partial charge in [-0.15, -0.1) is 0 Å². The second kappa shape index (κ2) is 8.45. The van der Waals surface area contributed by atoms with E-state index in [0.29, 0.717) is 18.7 Å². The lowest BCUT2D eigenvalue weighted by Gasteiger charge is -2.08. The summed E-state index contributed by atoms with van der Waals surface area (Å²) in [6.45, 7) is 4.42. The average Bonchev–Trinajstić information content (AvgIpc) is 2.99. The van der Waals surface area contributed by atoms with E-state index in [2.05, 4.69) is 0 Å². The minimum atomic E-state index is -0.429. The Morgan fingerprint density at radius 1 is 1.12 bits per heavy atom. The maximum atomic E-state index is 11.9. The molecule has 0 atom stereocenters. The molecule has 5 heteroatoms. The number of esters is 1. The zero-order valence-corrected chi connectivity index (χ0v) is 14.1. The van der Waals surface area contributed by atoms with Crippen LogP contribution in [0.2, 0.25) is 0 Å². The van der Waals surface area contributed by atoms with Crippen molar-refractivity contribution in [2.75, 3.05) is 13.2 Å². The fourth-order valence-corrected chi connectivity index (χ4v) is 2.57. The molecule has 0 aliphatic rings. The van der Waals surface area contributed by atoms with Gasteiger partial charge in [0.2, 0.25) is 0 Å². The molecule has 0 fully saturated rings. The van der Waals surface area contributed by atoms with Crippen molar-refractivity contribution in [1.82, 2.24) is 4.57 Å². The number of aliphatic hydroxyl groups is 1. The van der Waals surface area contributed by atoms with E-state index in [1.54, 1.807) is 6.92 Å². The smallest absolute Gasteiger partial charge is 0.339 e. The number of ether oxygens (including phenoxy) is 1. The van der Waals surface area contributed by atoms with Gasteiger partial charge in [-0.25, -0.2) is 4.79 Å². The number of carbonyl (C=O) groups excluding carboxylic acids is 2. The van der Waals surface area contributed by atoms with E-state index < -0.39 is 6.61 Å². The molecule has 0 aliphatic carbocycles. The minimum absolute atomic E-state index is 0.194. The van der Waals surface area contributed by atoms with Gasteiger partial charge in [-0.05, 0) is 30.5 Å². The van der Waals surface area contributed by atoms with E-state index in [0.717, 1.165) is 23.2 Å². The molecule has 1 N–H and O–H groups in total. The number of benzene rings is 1. The molecule has 1 aromatic carbocycles. The summed E-state index contributed by atoms with van der Waals surface area (Å²) in [5, 5.41) is 8.80. The van der Waals surface area contributed by atoms with Crippen LogP contribution in [0.3, 0.4) is 0 Å². The molecule has 1 aromatic heterocycles. The molecular weight excluding hydrogens is 306 g/mol. The Balaban J connectivity index is 2.12. The summed E-state index contributed by atoms with van der Waals surface area (Å²) in [5.41, 5.74) is 3.60. The number of aliphatic hydroxyl groups excluding tert-OH is 1. The Labute approximate surface area is 141 Å². The summed E-state index contributed by atoms with van der Waals surface area (Å²) in [6, 6.07) is 9.58. The molecule has 1 heterocycles. The van der Waals surface area contributed by atoms with E-state index in [-0.39, 0.29) is 18.2 Å². The van der Waals surface area contributed by atoms with Gasteiger partial charge in [0.05, 0.1) is 12.2 Å². The Kier molecular flexibility index (Phi) is 6.32. The topological polar surface area (TPSA) is 68.5 Å². The number of aromatic nitrogens is 1. The van der Waals surface area contributed by atoms with Crippen LogP contribution in [0.5, 0.6) is 0 Å². The first kappa shape index (κ1) is 17.9. The van der Waals surface area contributed by atoms with Crippen molar-refractivity contribution >= 4 is 11.8 Å². The van der Waals surface area contributed by atoms with Crippen molar-refractivity contribution in [3.8, 4) is 0 Å². The monoisotopic (exact) mass is 329 g/mol.